The van der Waals surface area contributed by atoms with Crippen molar-refractivity contribution >= 4 is 29.1 Å². The number of ether oxygens (including phenoxy) is 3. The van der Waals surface area contributed by atoms with E-state index in [1.807, 2.05) is 131 Å². The van der Waals surface area contributed by atoms with Crippen molar-refractivity contribution in [1.82, 2.24) is 45.3 Å². The van der Waals surface area contributed by atoms with Gasteiger partial charge in [0.2, 0.25) is 0 Å². The minimum absolute atomic E-state index is 0.00672. The zero-order valence-electron chi connectivity index (χ0n) is 51.9. The Hall–Kier alpha value is -8.86. The predicted octanol–water partition coefficient (Wildman–Crippen LogP) is 11.3. The molecule has 0 aliphatic heterocycles. The summed E-state index contributed by atoms with van der Waals surface area (Å²) in [6, 6.07) is 39.0. The Labute approximate surface area is 516 Å². The Balaban J connectivity index is 0.000000136. The Kier molecular flexibility index (Phi) is 18.4. The van der Waals surface area contributed by atoms with E-state index in [4.69, 9.17) is 41.0 Å². The number of hydrogen-bond donors (Lipinski definition) is 5. The van der Waals surface area contributed by atoms with Gasteiger partial charge in [-0.1, -0.05) is 45.0 Å². The molecular formula is C71H85N11O6. The largest absolute Gasteiger partial charge is 0.497 e. The molecule has 5 aliphatic carbocycles. The Morgan fingerprint density at radius 3 is 1.39 bits per heavy atom. The third kappa shape index (κ3) is 13.0. The highest BCUT2D eigenvalue weighted by Crippen LogP contribution is 2.62. The number of nitrogens with zero attached hydrogens (tertiary/aromatic N) is 6. The van der Waals surface area contributed by atoms with Crippen molar-refractivity contribution in [1.29, 1.82) is 0 Å². The van der Waals surface area contributed by atoms with Crippen LogP contribution in [0.15, 0.2) is 121 Å². The topological polar surface area (TPSA) is 220 Å². The highest BCUT2D eigenvalue weighted by Gasteiger charge is 2.60. The number of fused-ring (bicyclic) bond motifs is 5. The smallest absolute Gasteiger partial charge is 0.272 e. The quantitative estimate of drug-likeness (QED) is 0.0573. The molecule has 5 aliphatic rings. The van der Waals surface area contributed by atoms with Crippen LogP contribution in [0.3, 0.4) is 0 Å². The lowest BCUT2D eigenvalue weighted by atomic mass is 9.68. The number of nitrogen functional groups attached to an aromatic ring is 2. The van der Waals surface area contributed by atoms with E-state index in [-0.39, 0.29) is 34.6 Å². The molecule has 3 aromatic heterocycles. The third-order valence-corrected chi connectivity index (χ3v) is 19.0. The van der Waals surface area contributed by atoms with Gasteiger partial charge >= 0.3 is 0 Å². The lowest BCUT2D eigenvalue weighted by Gasteiger charge is -2.43. The first-order valence-corrected chi connectivity index (χ1v) is 31.5. The van der Waals surface area contributed by atoms with Crippen LogP contribution in [0.2, 0.25) is 0 Å². The first-order chi connectivity index (χ1) is 42.6. The molecule has 2 bridgehead atoms. The molecule has 17 nitrogen and oxygen atoms in total. The summed E-state index contributed by atoms with van der Waals surface area (Å²) in [5, 5.41) is 23.9. The van der Waals surface area contributed by atoms with Gasteiger partial charge in [-0.2, -0.15) is 15.3 Å². The molecular weight excluding hydrogens is 1100 g/mol. The number of rotatable bonds is 16. The summed E-state index contributed by atoms with van der Waals surface area (Å²) in [4.78, 5) is 39.5. The fourth-order valence-electron chi connectivity index (χ4n) is 14.2. The lowest BCUT2D eigenvalue weighted by Crippen LogP contribution is -2.52. The number of hydrogen-bond acceptors (Lipinski definition) is 11. The van der Waals surface area contributed by atoms with Crippen LogP contribution < -0.4 is 41.6 Å². The Morgan fingerprint density at radius 1 is 0.511 bits per heavy atom. The van der Waals surface area contributed by atoms with Gasteiger partial charge in [0, 0.05) is 58.6 Å². The van der Waals surface area contributed by atoms with E-state index < -0.39 is 0 Å². The summed E-state index contributed by atoms with van der Waals surface area (Å²) in [6.45, 7) is 8.15. The first-order valence-electron chi connectivity index (χ1n) is 31.5. The molecule has 5 aromatic carbocycles. The third-order valence-electron chi connectivity index (χ3n) is 19.0. The minimum atomic E-state index is -0.106. The van der Waals surface area contributed by atoms with Crippen LogP contribution in [0.1, 0.15) is 155 Å². The molecule has 460 valence electrons. The number of nitrogens with two attached hydrogens (primary N) is 2. The van der Waals surface area contributed by atoms with E-state index in [9.17, 15) is 14.4 Å². The number of methoxy groups -OCH3 is 3. The standard InChI is InChI=1S/C25H33N3O2.2C23H26N4O2/c1-24(2)16-13-14-25(3,15-16)23(24)26-22(29)21-19-7-5-6-8-20(19)28(27-21)17-9-11-18(30-4)12-10-17;1-29-19-12-10-18(11-13-19)27-21-5-3-2-4-20(21)22(26-27)23(28)25-15-14-16-6-8-17(24)9-7-16;1-29-19-12-10-18(11-13-19)27-22(20-4-2-3-5-21(20)26-27)23(28)25-15-14-16-6-8-17(24)9-7-16/h9-12,16,23H,5-8,13-15H2,1-4H3,(H,26,29);2*6-13H,2-5,14-15,24H2,1H3,(H,25,28). The van der Waals surface area contributed by atoms with E-state index in [0.717, 1.165) is 175 Å². The van der Waals surface area contributed by atoms with Crippen LogP contribution in [0.4, 0.5) is 11.4 Å². The van der Waals surface area contributed by atoms with Crippen LogP contribution in [-0.2, 0) is 51.4 Å². The lowest BCUT2D eigenvalue weighted by molar-refractivity contribution is 0.0731. The second kappa shape index (κ2) is 26.6. The van der Waals surface area contributed by atoms with Crippen molar-refractivity contribution in [2.45, 2.75) is 136 Å². The monoisotopic (exact) mass is 1190 g/mol. The van der Waals surface area contributed by atoms with E-state index >= 15 is 0 Å². The molecule has 3 atom stereocenters. The predicted molar refractivity (Wildman–Crippen MR) is 345 cm³/mol. The summed E-state index contributed by atoms with van der Waals surface area (Å²) in [5.74, 6) is 2.93. The molecule has 0 saturated heterocycles. The zero-order valence-corrected chi connectivity index (χ0v) is 51.9. The number of nitrogens with one attached hydrogen (secondary N) is 3. The van der Waals surface area contributed by atoms with Crippen molar-refractivity contribution in [2.24, 2.45) is 16.7 Å². The maximum Gasteiger partial charge on any atom is 0.272 e. The van der Waals surface area contributed by atoms with Crippen LogP contribution in [0, 0.1) is 16.7 Å². The second-order valence-corrected chi connectivity index (χ2v) is 25.1. The van der Waals surface area contributed by atoms with Gasteiger partial charge in [-0.15, -0.1) is 0 Å². The second-order valence-electron chi connectivity index (χ2n) is 25.1. The van der Waals surface area contributed by atoms with E-state index in [1.54, 1.807) is 26.0 Å². The molecule has 13 rings (SSSR count). The van der Waals surface area contributed by atoms with Crippen LogP contribution >= 0.6 is 0 Å². The number of aromatic nitrogens is 6. The normalized spacial score (nSPS) is 18.4. The number of carbonyl (C=O) groups is 3. The summed E-state index contributed by atoms with van der Waals surface area (Å²) in [5.41, 5.74) is 26.9. The van der Waals surface area contributed by atoms with Crippen LogP contribution in [-0.4, -0.2) is 87.5 Å². The number of carbonyl (C=O) groups excluding carboxylic acids is 3. The van der Waals surface area contributed by atoms with Gasteiger partial charge in [0.1, 0.15) is 22.9 Å². The average Bonchev–Trinajstić information content (AvgIpc) is 1.63. The molecule has 0 spiro atoms. The number of amides is 3. The Bertz CT molecular complexity index is 3730. The van der Waals surface area contributed by atoms with Gasteiger partial charge in [0.05, 0.1) is 44.1 Å². The molecule has 88 heavy (non-hydrogen) atoms. The van der Waals surface area contributed by atoms with Crippen LogP contribution in [0.25, 0.3) is 17.1 Å². The molecule has 2 saturated carbocycles. The molecule has 0 radical (unpaired) electrons. The number of anilines is 2. The van der Waals surface area contributed by atoms with Crippen molar-refractivity contribution in [3.05, 3.63) is 183 Å². The fourth-order valence-corrected chi connectivity index (χ4v) is 14.2. The first kappa shape index (κ1) is 60.8. The van der Waals surface area contributed by atoms with E-state index in [1.165, 1.54) is 25.0 Å². The SMILES string of the molecule is COc1ccc(-n2nc(C(=O)NC3C4(C)CCC(C4)C3(C)C)c3c2CCCC3)cc1.COc1ccc(-n2nc(C(=O)NCCc3ccc(N)cc3)c3c2CCCC3)cc1.COc1ccc(-n2nc3c(c2C(=O)NCCc2ccc(N)cc2)CCCC3)cc1. The summed E-state index contributed by atoms with van der Waals surface area (Å²) in [6.07, 6.45) is 17.5. The van der Waals surface area contributed by atoms with Gasteiger partial charge in [0.15, 0.2) is 11.4 Å². The number of benzene rings is 5. The maximum absolute atomic E-state index is 13.5. The van der Waals surface area contributed by atoms with Crippen LogP contribution in [0.5, 0.6) is 17.2 Å². The van der Waals surface area contributed by atoms with Crippen molar-refractivity contribution in [3.8, 4) is 34.3 Å². The molecule has 17 heteroatoms. The molecule has 3 heterocycles. The summed E-state index contributed by atoms with van der Waals surface area (Å²) < 4.78 is 21.5. The van der Waals surface area contributed by atoms with Gasteiger partial charge in [-0.3, -0.25) is 14.4 Å². The Morgan fingerprint density at radius 2 is 0.932 bits per heavy atom. The molecule has 8 aromatic rings. The summed E-state index contributed by atoms with van der Waals surface area (Å²) in [7, 11) is 4.96. The van der Waals surface area contributed by atoms with Gasteiger partial charge in [-0.05, 0) is 234 Å². The maximum atomic E-state index is 13.5. The van der Waals surface area contributed by atoms with Gasteiger partial charge < -0.3 is 41.6 Å². The van der Waals surface area contributed by atoms with Crippen molar-refractivity contribution in [3.63, 3.8) is 0 Å². The molecule has 3 amide bonds. The van der Waals surface area contributed by atoms with Crippen molar-refractivity contribution < 1.29 is 28.6 Å². The highest BCUT2D eigenvalue weighted by atomic mass is 16.5. The average molecular weight is 1190 g/mol. The van der Waals surface area contributed by atoms with Crippen molar-refractivity contribution in [2.75, 3.05) is 45.9 Å². The summed E-state index contributed by atoms with van der Waals surface area (Å²) >= 11 is 0. The zero-order chi connectivity index (χ0) is 61.5. The molecule has 2 fully saturated rings. The van der Waals surface area contributed by atoms with E-state index in [2.05, 4.69) is 36.7 Å². The van der Waals surface area contributed by atoms with E-state index in [0.29, 0.717) is 36.1 Å². The minimum Gasteiger partial charge on any atom is -0.497 e. The highest BCUT2D eigenvalue weighted by molar-refractivity contribution is 5.96. The van der Waals surface area contributed by atoms with Gasteiger partial charge in [-0.25, -0.2) is 14.0 Å². The fraction of sp³-hybridized carbons (Fsp3) is 0.408. The molecule has 7 N–H and O–H groups in total. The van der Waals surface area contributed by atoms with Gasteiger partial charge in [0.25, 0.3) is 17.7 Å². The molecule has 3 unspecified atom stereocenters. The number of aryl methyl sites for hydroxylation is 1.